The zero-order valence-corrected chi connectivity index (χ0v) is 19.6. The van der Waals surface area contributed by atoms with Gasteiger partial charge in [-0.1, -0.05) is 12.1 Å². The van der Waals surface area contributed by atoms with E-state index in [2.05, 4.69) is 38.8 Å². The Balaban J connectivity index is 1.17. The van der Waals surface area contributed by atoms with Crippen molar-refractivity contribution in [1.82, 2.24) is 19.9 Å². The number of pyridine rings is 2. The third-order valence-electron chi connectivity index (χ3n) is 7.24. The highest BCUT2D eigenvalue weighted by atomic mass is 15.3. The zero-order valence-electron chi connectivity index (χ0n) is 19.6. The van der Waals surface area contributed by atoms with Crippen LogP contribution in [0.1, 0.15) is 42.4 Å². The van der Waals surface area contributed by atoms with Crippen molar-refractivity contribution in [2.24, 2.45) is 11.8 Å². The molecule has 33 heavy (non-hydrogen) atoms. The summed E-state index contributed by atoms with van der Waals surface area (Å²) in [4.78, 5) is 23.1. The summed E-state index contributed by atoms with van der Waals surface area (Å²) >= 11 is 0. The Kier molecular flexibility index (Phi) is 6.79. The van der Waals surface area contributed by atoms with Crippen molar-refractivity contribution in [3.05, 3.63) is 71.9 Å². The van der Waals surface area contributed by atoms with Gasteiger partial charge in [0, 0.05) is 62.7 Å². The third kappa shape index (κ3) is 5.49. The van der Waals surface area contributed by atoms with Gasteiger partial charge >= 0.3 is 0 Å². The summed E-state index contributed by atoms with van der Waals surface area (Å²) < 4.78 is 0. The number of piperidine rings is 2. The van der Waals surface area contributed by atoms with E-state index < -0.39 is 0 Å². The first-order valence-corrected chi connectivity index (χ1v) is 12.4. The molecule has 3 aromatic rings. The van der Waals surface area contributed by atoms with Crippen LogP contribution in [-0.2, 0) is 12.8 Å². The maximum Gasteiger partial charge on any atom is 0.227 e. The molecular weight excluding hydrogens is 408 g/mol. The number of nitrogens with zero attached hydrogens (tertiary/aromatic N) is 6. The lowest BCUT2D eigenvalue weighted by atomic mass is 9.90. The van der Waals surface area contributed by atoms with Gasteiger partial charge in [0.15, 0.2) is 0 Å². The Labute approximate surface area is 197 Å². The zero-order chi connectivity index (χ0) is 22.5. The Morgan fingerprint density at radius 2 is 1.30 bits per heavy atom. The maximum atomic E-state index is 5.06. The second kappa shape index (κ2) is 10.3. The number of rotatable bonds is 6. The fourth-order valence-corrected chi connectivity index (χ4v) is 5.29. The van der Waals surface area contributed by atoms with Gasteiger partial charge < -0.3 is 9.80 Å². The standard InChI is InChI=1S/C27H34N6/c1-21-18-30-27(33-14-8-23(9-15-33)17-25-5-3-11-29-20-25)31-26(21)32-12-6-22(7-13-32)16-24-4-2-10-28-19-24/h2-5,10-11,18-20,22-23H,6-9,12-17H2,1H3. The van der Waals surface area contributed by atoms with Gasteiger partial charge in [0.1, 0.15) is 5.82 Å². The molecule has 6 heteroatoms. The van der Waals surface area contributed by atoms with E-state index in [0.717, 1.165) is 56.7 Å². The number of aromatic nitrogens is 4. The minimum absolute atomic E-state index is 0.717. The molecule has 6 nitrogen and oxygen atoms in total. The lowest BCUT2D eigenvalue weighted by Gasteiger charge is -2.35. The Morgan fingerprint density at radius 1 is 0.758 bits per heavy atom. The predicted octanol–water partition coefficient (Wildman–Crippen LogP) is 4.49. The number of anilines is 2. The number of hydrogen-bond acceptors (Lipinski definition) is 6. The molecule has 2 aliphatic heterocycles. The van der Waals surface area contributed by atoms with Crippen LogP contribution >= 0.6 is 0 Å². The van der Waals surface area contributed by atoms with E-state index in [0.29, 0.717) is 5.92 Å². The van der Waals surface area contributed by atoms with Crippen LogP contribution in [0.25, 0.3) is 0 Å². The molecule has 0 aliphatic carbocycles. The molecule has 0 N–H and O–H groups in total. The highest BCUT2D eigenvalue weighted by Crippen LogP contribution is 2.29. The molecule has 0 saturated carbocycles. The fraction of sp³-hybridized carbons (Fsp3) is 0.481. The van der Waals surface area contributed by atoms with Crippen LogP contribution in [0.4, 0.5) is 11.8 Å². The maximum absolute atomic E-state index is 5.06. The molecule has 0 aromatic carbocycles. The number of aryl methyl sites for hydroxylation is 1. The van der Waals surface area contributed by atoms with Gasteiger partial charge in [-0.05, 0) is 80.5 Å². The minimum atomic E-state index is 0.717. The SMILES string of the molecule is Cc1cnc(N2CCC(Cc3cccnc3)CC2)nc1N1CCC(Cc2cccnc2)CC1. The molecule has 2 aliphatic rings. The molecule has 3 aromatic heterocycles. The lowest BCUT2D eigenvalue weighted by molar-refractivity contribution is 0.397. The van der Waals surface area contributed by atoms with Crippen LogP contribution in [0.5, 0.6) is 0 Å². The van der Waals surface area contributed by atoms with E-state index in [4.69, 9.17) is 9.97 Å². The molecule has 0 bridgehead atoms. The highest BCUT2D eigenvalue weighted by Gasteiger charge is 2.25. The first kappa shape index (κ1) is 21.8. The van der Waals surface area contributed by atoms with E-state index in [1.165, 1.54) is 42.4 Å². The molecule has 0 radical (unpaired) electrons. The largest absolute Gasteiger partial charge is 0.356 e. The van der Waals surface area contributed by atoms with Gasteiger partial charge in [0.25, 0.3) is 0 Å². The van der Waals surface area contributed by atoms with Crippen molar-refractivity contribution in [3.63, 3.8) is 0 Å². The average molecular weight is 443 g/mol. The Morgan fingerprint density at radius 3 is 1.82 bits per heavy atom. The van der Waals surface area contributed by atoms with Gasteiger partial charge in [-0.2, -0.15) is 4.98 Å². The molecule has 0 unspecified atom stereocenters. The van der Waals surface area contributed by atoms with Gasteiger partial charge in [-0.3, -0.25) is 9.97 Å². The Hall–Kier alpha value is -3.02. The molecule has 5 rings (SSSR count). The second-order valence-electron chi connectivity index (χ2n) is 9.67. The molecular formula is C27H34N6. The molecule has 0 amide bonds. The normalized spacial score (nSPS) is 18.0. The summed E-state index contributed by atoms with van der Waals surface area (Å²) in [5, 5.41) is 0. The van der Waals surface area contributed by atoms with E-state index in [9.17, 15) is 0 Å². The quantitative estimate of drug-likeness (QED) is 0.560. The first-order valence-electron chi connectivity index (χ1n) is 12.4. The van der Waals surface area contributed by atoms with Gasteiger partial charge in [0.05, 0.1) is 0 Å². The van der Waals surface area contributed by atoms with E-state index in [-0.39, 0.29) is 0 Å². The van der Waals surface area contributed by atoms with E-state index in [1.54, 1.807) is 0 Å². The van der Waals surface area contributed by atoms with Crippen molar-refractivity contribution in [2.75, 3.05) is 36.0 Å². The summed E-state index contributed by atoms with van der Waals surface area (Å²) in [7, 11) is 0. The van der Waals surface area contributed by atoms with Gasteiger partial charge in [0.2, 0.25) is 5.95 Å². The summed E-state index contributed by atoms with van der Waals surface area (Å²) in [6.07, 6.45) is 16.7. The smallest absolute Gasteiger partial charge is 0.227 e. The van der Waals surface area contributed by atoms with Crippen LogP contribution in [0.3, 0.4) is 0 Å². The second-order valence-corrected chi connectivity index (χ2v) is 9.67. The Bertz CT molecular complexity index is 1010. The summed E-state index contributed by atoms with van der Waals surface area (Å²) in [6, 6.07) is 8.46. The first-order chi connectivity index (χ1) is 16.2. The summed E-state index contributed by atoms with van der Waals surface area (Å²) in [5.74, 6) is 3.46. The van der Waals surface area contributed by atoms with Crippen molar-refractivity contribution in [1.29, 1.82) is 0 Å². The fourth-order valence-electron chi connectivity index (χ4n) is 5.29. The molecule has 0 spiro atoms. The van der Waals surface area contributed by atoms with Crippen molar-refractivity contribution in [3.8, 4) is 0 Å². The lowest BCUT2D eigenvalue weighted by Crippen LogP contribution is -2.37. The van der Waals surface area contributed by atoms with Crippen molar-refractivity contribution in [2.45, 2.75) is 45.4 Å². The van der Waals surface area contributed by atoms with E-state index >= 15 is 0 Å². The van der Waals surface area contributed by atoms with Crippen LogP contribution in [0.15, 0.2) is 55.2 Å². The molecule has 2 saturated heterocycles. The monoisotopic (exact) mass is 442 g/mol. The minimum Gasteiger partial charge on any atom is -0.356 e. The van der Waals surface area contributed by atoms with Crippen LogP contribution < -0.4 is 9.80 Å². The highest BCUT2D eigenvalue weighted by molar-refractivity contribution is 5.50. The molecule has 172 valence electrons. The van der Waals surface area contributed by atoms with Crippen LogP contribution in [0, 0.1) is 18.8 Å². The third-order valence-corrected chi connectivity index (χ3v) is 7.24. The van der Waals surface area contributed by atoms with Crippen molar-refractivity contribution >= 4 is 11.8 Å². The summed E-state index contributed by atoms with van der Waals surface area (Å²) in [6.45, 7) is 6.33. The number of hydrogen-bond donors (Lipinski definition) is 0. The molecule has 2 fully saturated rings. The molecule has 5 heterocycles. The average Bonchev–Trinajstić information content (AvgIpc) is 2.87. The summed E-state index contributed by atoms with van der Waals surface area (Å²) in [5.41, 5.74) is 3.87. The topological polar surface area (TPSA) is 58.0 Å². The van der Waals surface area contributed by atoms with Crippen LogP contribution in [0.2, 0.25) is 0 Å². The molecule has 0 atom stereocenters. The van der Waals surface area contributed by atoms with Crippen molar-refractivity contribution < 1.29 is 0 Å². The van der Waals surface area contributed by atoms with E-state index in [1.807, 2.05) is 43.1 Å². The predicted molar refractivity (Wildman–Crippen MR) is 133 cm³/mol. The van der Waals surface area contributed by atoms with Gasteiger partial charge in [-0.15, -0.1) is 0 Å². The van der Waals surface area contributed by atoms with Gasteiger partial charge in [-0.25, -0.2) is 4.98 Å². The van der Waals surface area contributed by atoms with Crippen LogP contribution in [-0.4, -0.2) is 46.1 Å².